The lowest BCUT2D eigenvalue weighted by molar-refractivity contribution is -0.139. The molecule has 31 heavy (non-hydrogen) atoms. The van der Waals surface area contributed by atoms with Crippen molar-refractivity contribution < 1.29 is 9.53 Å². The van der Waals surface area contributed by atoms with Crippen LogP contribution < -0.4 is 14.9 Å². The summed E-state index contributed by atoms with van der Waals surface area (Å²) in [7, 11) is 0. The number of ether oxygens (including phenoxy) is 1. The van der Waals surface area contributed by atoms with E-state index in [2.05, 4.69) is 4.99 Å². The SMILES string of the molecule is CCOC(=O)C1=C(C)N=c2sc(=Cc3ccc(Cl)cc3)c(=O)n2C1c1ccc(Cl)cc1. The van der Waals surface area contributed by atoms with E-state index in [9.17, 15) is 9.59 Å². The summed E-state index contributed by atoms with van der Waals surface area (Å²) in [6, 6.07) is 13.6. The summed E-state index contributed by atoms with van der Waals surface area (Å²) >= 11 is 13.3. The second-order valence-corrected chi connectivity index (χ2v) is 8.79. The zero-order valence-corrected chi connectivity index (χ0v) is 19.1. The van der Waals surface area contributed by atoms with Gasteiger partial charge in [0.1, 0.15) is 0 Å². The number of allylic oxidation sites excluding steroid dienone is 1. The molecule has 0 amide bonds. The van der Waals surface area contributed by atoms with Crippen LogP contribution in [-0.4, -0.2) is 17.1 Å². The Morgan fingerprint density at radius 2 is 1.74 bits per heavy atom. The maximum Gasteiger partial charge on any atom is 0.338 e. The Kier molecular flexibility index (Phi) is 6.14. The van der Waals surface area contributed by atoms with Crippen LogP contribution in [0.3, 0.4) is 0 Å². The molecule has 1 aliphatic heterocycles. The van der Waals surface area contributed by atoms with Crippen LogP contribution in [0.25, 0.3) is 6.08 Å². The number of benzene rings is 2. The molecule has 158 valence electrons. The Balaban J connectivity index is 1.94. The molecular weight excluding hydrogens is 455 g/mol. The second kappa shape index (κ2) is 8.83. The third-order valence-corrected chi connectivity index (χ3v) is 6.36. The fraction of sp³-hybridized carbons (Fsp3) is 0.174. The van der Waals surface area contributed by atoms with E-state index in [0.29, 0.717) is 30.6 Å². The number of carbonyl (C=O) groups is 1. The van der Waals surface area contributed by atoms with Gasteiger partial charge in [-0.05, 0) is 55.3 Å². The molecule has 8 heteroatoms. The van der Waals surface area contributed by atoms with Crippen molar-refractivity contribution in [2.75, 3.05) is 6.61 Å². The monoisotopic (exact) mass is 472 g/mol. The van der Waals surface area contributed by atoms with Gasteiger partial charge in [-0.2, -0.15) is 0 Å². The van der Waals surface area contributed by atoms with Gasteiger partial charge in [0.15, 0.2) is 4.80 Å². The summed E-state index contributed by atoms with van der Waals surface area (Å²) in [6.45, 7) is 3.72. The van der Waals surface area contributed by atoms with E-state index in [1.165, 1.54) is 11.3 Å². The van der Waals surface area contributed by atoms with Gasteiger partial charge in [0.2, 0.25) is 0 Å². The fourth-order valence-corrected chi connectivity index (χ4v) is 4.76. The molecule has 0 aliphatic carbocycles. The summed E-state index contributed by atoms with van der Waals surface area (Å²) in [5.41, 5.74) is 2.24. The van der Waals surface area contributed by atoms with E-state index in [4.69, 9.17) is 27.9 Å². The van der Waals surface area contributed by atoms with Crippen LogP contribution >= 0.6 is 34.5 Å². The molecule has 0 bridgehead atoms. The zero-order chi connectivity index (χ0) is 22.1. The number of fused-ring (bicyclic) bond motifs is 1. The van der Waals surface area contributed by atoms with Crippen molar-refractivity contribution in [3.05, 3.63) is 101 Å². The minimum absolute atomic E-state index is 0.226. The molecule has 1 aliphatic rings. The Morgan fingerprint density at radius 1 is 1.13 bits per heavy atom. The number of thiazole rings is 1. The van der Waals surface area contributed by atoms with Gasteiger partial charge in [0.25, 0.3) is 5.56 Å². The van der Waals surface area contributed by atoms with Crippen molar-refractivity contribution in [3.8, 4) is 0 Å². The highest BCUT2D eigenvalue weighted by atomic mass is 35.5. The summed E-state index contributed by atoms with van der Waals surface area (Å²) in [4.78, 5) is 31.3. The van der Waals surface area contributed by atoms with Crippen LogP contribution in [0.4, 0.5) is 0 Å². The normalized spacial score (nSPS) is 16.1. The second-order valence-electron chi connectivity index (χ2n) is 6.91. The first-order chi connectivity index (χ1) is 14.9. The summed E-state index contributed by atoms with van der Waals surface area (Å²) < 4.78 is 7.34. The van der Waals surface area contributed by atoms with E-state index < -0.39 is 12.0 Å². The molecule has 0 spiro atoms. The van der Waals surface area contributed by atoms with Crippen molar-refractivity contribution >= 4 is 46.6 Å². The fourth-order valence-electron chi connectivity index (χ4n) is 3.46. The molecule has 0 saturated heterocycles. The first-order valence-corrected chi connectivity index (χ1v) is 11.2. The number of rotatable bonds is 4. The van der Waals surface area contributed by atoms with Gasteiger partial charge in [-0.25, -0.2) is 9.79 Å². The molecule has 1 aromatic heterocycles. The number of hydrogen-bond acceptors (Lipinski definition) is 5. The molecule has 0 radical (unpaired) electrons. The molecule has 2 heterocycles. The zero-order valence-electron chi connectivity index (χ0n) is 16.8. The third-order valence-electron chi connectivity index (χ3n) is 4.87. The van der Waals surface area contributed by atoms with Crippen LogP contribution in [0.1, 0.15) is 31.0 Å². The van der Waals surface area contributed by atoms with Gasteiger partial charge in [0, 0.05) is 10.0 Å². The van der Waals surface area contributed by atoms with Crippen LogP contribution in [0.15, 0.2) is 69.6 Å². The lowest BCUT2D eigenvalue weighted by Gasteiger charge is -2.24. The van der Waals surface area contributed by atoms with Crippen molar-refractivity contribution in [1.82, 2.24) is 4.57 Å². The quantitative estimate of drug-likeness (QED) is 0.536. The highest BCUT2D eigenvalue weighted by Crippen LogP contribution is 2.31. The molecule has 1 unspecified atom stereocenters. The van der Waals surface area contributed by atoms with Crippen molar-refractivity contribution in [1.29, 1.82) is 0 Å². The smallest absolute Gasteiger partial charge is 0.338 e. The maximum atomic E-state index is 13.4. The van der Waals surface area contributed by atoms with Crippen molar-refractivity contribution in [2.24, 2.45) is 4.99 Å². The largest absolute Gasteiger partial charge is 0.463 e. The number of aromatic nitrogens is 1. The van der Waals surface area contributed by atoms with Gasteiger partial charge in [-0.15, -0.1) is 0 Å². The van der Waals surface area contributed by atoms with E-state index >= 15 is 0 Å². The van der Waals surface area contributed by atoms with Crippen LogP contribution in [0, 0.1) is 0 Å². The average Bonchev–Trinajstić information content (AvgIpc) is 3.04. The Labute approximate surface area is 192 Å². The van der Waals surface area contributed by atoms with E-state index in [0.717, 1.165) is 11.1 Å². The number of hydrogen-bond donors (Lipinski definition) is 0. The molecule has 4 rings (SSSR count). The standard InChI is InChI=1S/C23H18Cl2N2O3S/c1-3-30-22(29)19-13(2)26-23-27(20(19)15-6-10-17(25)11-7-15)21(28)18(31-23)12-14-4-8-16(24)9-5-14/h4-12,20H,3H2,1-2H3. The molecular formula is C23H18Cl2N2O3S. The van der Waals surface area contributed by atoms with Crippen LogP contribution in [0.5, 0.6) is 0 Å². The first kappa shape index (κ1) is 21.6. The molecule has 0 fully saturated rings. The Bertz CT molecular complexity index is 1350. The van der Waals surface area contributed by atoms with Crippen molar-refractivity contribution in [2.45, 2.75) is 19.9 Å². The first-order valence-electron chi connectivity index (χ1n) is 9.59. The lowest BCUT2D eigenvalue weighted by atomic mass is 9.96. The highest BCUT2D eigenvalue weighted by molar-refractivity contribution is 7.07. The van der Waals surface area contributed by atoms with E-state index in [1.54, 1.807) is 60.9 Å². The predicted molar refractivity (Wildman–Crippen MR) is 123 cm³/mol. The number of nitrogens with zero attached hydrogens (tertiary/aromatic N) is 2. The summed E-state index contributed by atoms with van der Waals surface area (Å²) in [5.74, 6) is -0.490. The minimum atomic E-state index is -0.653. The van der Waals surface area contributed by atoms with E-state index in [1.807, 2.05) is 12.1 Å². The molecule has 2 aromatic carbocycles. The Hall–Kier alpha value is -2.67. The summed E-state index contributed by atoms with van der Waals surface area (Å²) in [5, 5.41) is 1.19. The minimum Gasteiger partial charge on any atom is -0.463 e. The van der Waals surface area contributed by atoms with Gasteiger partial charge in [-0.1, -0.05) is 58.8 Å². The van der Waals surface area contributed by atoms with Crippen LogP contribution in [-0.2, 0) is 9.53 Å². The number of halogens is 2. The van der Waals surface area contributed by atoms with Crippen LogP contribution in [0.2, 0.25) is 10.0 Å². The van der Waals surface area contributed by atoms with E-state index in [-0.39, 0.29) is 12.2 Å². The molecule has 5 nitrogen and oxygen atoms in total. The average molecular weight is 473 g/mol. The molecule has 0 N–H and O–H groups in total. The third kappa shape index (κ3) is 4.24. The van der Waals surface area contributed by atoms with Gasteiger partial charge < -0.3 is 4.74 Å². The lowest BCUT2D eigenvalue weighted by Crippen LogP contribution is -2.39. The molecule has 0 saturated carbocycles. The maximum absolute atomic E-state index is 13.4. The van der Waals surface area contributed by atoms with Gasteiger partial charge in [-0.3, -0.25) is 9.36 Å². The topological polar surface area (TPSA) is 60.7 Å². The van der Waals surface area contributed by atoms with Gasteiger partial charge in [0.05, 0.1) is 28.5 Å². The highest BCUT2D eigenvalue weighted by Gasteiger charge is 2.33. The Morgan fingerprint density at radius 3 is 2.35 bits per heavy atom. The van der Waals surface area contributed by atoms with Crippen molar-refractivity contribution in [3.63, 3.8) is 0 Å². The summed E-state index contributed by atoms with van der Waals surface area (Å²) in [6.07, 6.45) is 1.79. The molecule has 1 atom stereocenters. The number of esters is 1. The predicted octanol–water partition coefficient (Wildman–Crippen LogP) is 4.11. The number of carbonyl (C=O) groups excluding carboxylic acids is 1. The van der Waals surface area contributed by atoms with Gasteiger partial charge >= 0.3 is 5.97 Å². The molecule has 3 aromatic rings.